The fourth-order valence-corrected chi connectivity index (χ4v) is 11.1. The smallest absolute Gasteiger partial charge is 0.407 e. The SMILES string of the molecule is CC(C)CCCC(C)[C@H]1CCC2C3CC=C4C[C@@H](OC(=O)NCCCCCC(=O)N5CC(O)C(C(=O)O)C5)CC[C@]4(C)C3CC[C@@]21C. The van der Waals surface area contributed by atoms with Crippen LogP contribution in [-0.2, 0) is 14.3 Å². The number of likely N-dealkylation sites (tertiary alicyclic amines) is 1. The topological polar surface area (TPSA) is 116 Å². The Morgan fingerprint density at radius 2 is 1.77 bits per heavy atom. The first-order chi connectivity index (χ1) is 22.3. The molecule has 266 valence electrons. The number of aliphatic carboxylic acids is 1. The van der Waals surface area contributed by atoms with Crippen LogP contribution < -0.4 is 5.32 Å². The van der Waals surface area contributed by atoms with Gasteiger partial charge < -0.3 is 25.2 Å². The summed E-state index contributed by atoms with van der Waals surface area (Å²) in [6.45, 7) is 13.1. The molecule has 3 saturated carbocycles. The molecule has 6 unspecified atom stereocenters. The lowest BCUT2D eigenvalue weighted by atomic mass is 9.47. The van der Waals surface area contributed by atoms with Crippen LogP contribution in [0.25, 0.3) is 0 Å². The molecule has 4 fully saturated rings. The summed E-state index contributed by atoms with van der Waals surface area (Å²) < 4.78 is 5.92. The van der Waals surface area contributed by atoms with Crippen LogP contribution in [0.5, 0.6) is 0 Å². The number of amides is 2. The number of β-amino-alcohol motifs (C(OH)–C–C–N with tert-alkyl or cyclic N) is 1. The summed E-state index contributed by atoms with van der Waals surface area (Å²) in [5.41, 5.74) is 2.27. The van der Waals surface area contributed by atoms with Crippen LogP contribution in [0.1, 0.15) is 131 Å². The van der Waals surface area contributed by atoms with Gasteiger partial charge in [0, 0.05) is 32.5 Å². The van der Waals surface area contributed by atoms with Crippen molar-refractivity contribution in [3.8, 4) is 0 Å². The molecule has 3 N–H and O–H groups in total. The lowest BCUT2D eigenvalue weighted by molar-refractivity contribution is -0.143. The van der Waals surface area contributed by atoms with Crippen molar-refractivity contribution in [1.29, 1.82) is 0 Å². The molecule has 0 spiro atoms. The van der Waals surface area contributed by atoms with Crippen LogP contribution >= 0.6 is 0 Å². The molecule has 1 saturated heterocycles. The Hall–Kier alpha value is -2.09. The number of aliphatic hydroxyl groups excluding tert-OH is 1. The normalized spacial score (nSPS) is 37.0. The molecule has 5 rings (SSSR count). The molecule has 47 heavy (non-hydrogen) atoms. The standard InChI is InChI=1S/C39H64N2O6/c1-25(2)10-9-11-26(3)31-15-16-32-29-14-13-27-22-28(17-19-38(27,4)33(29)18-20-39(31,32)5)47-37(46)40-21-8-6-7-12-35(43)41-23-30(36(44)45)34(42)24-41/h13,25-26,28-34,42H,6-12,14-24H2,1-5H3,(H,40,46)(H,44,45)/t26?,28-,29?,30?,31+,32?,33?,34?,38-,39+/m0/s1. The molecular weight excluding hydrogens is 592 g/mol. The molecule has 10 atom stereocenters. The second-order valence-electron chi connectivity index (χ2n) is 17.1. The van der Waals surface area contributed by atoms with Crippen molar-refractivity contribution < 1.29 is 29.3 Å². The van der Waals surface area contributed by atoms with Gasteiger partial charge >= 0.3 is 12.1 Å². The van der Waals surface area contributed by atoms with Crippen molar-refractivity contribution in [2.45, 2.75) is 143 Å². The summed E-state index contributed by atoms with van der Waals surface area (Å²) in [7, 11) is 0. The summed E-state index contributed by atoms with van der Waals surface area (Å²) in [4.78, 5) is 37.7. The van der Waals surface area contributed by atoms with Gasteiger partial charge in [-0.3, -0.25) is 9.59 Å². The minimum atomic E-state index is -1.07. The number of aliphatic hydroxyl groups is 1. The van der Waals surface area contributed by atoms with Gasteiger partial charge in [-0.2, -0.15) is 0 Å². The second-order valence-corrected chi connectivity index (χ2v) is 17.1. The van der Waals surface area contributed by atoms with Crippen LogP contribution in [0.2, 0.25) is 0 Å². The van der Waals surface area contributed by atoms with Crippen molar-refractivity contribution >= 4 is 18.0 Å². The number of alkyl carbamates (subject to hydrolysis) is 1. The van der Waals surface area contributed by atoms with Gasteiger partial charge in [0.15, 0.2) is 0 Å². The third-order valence-electron chi connectivity index (χ3n) is 13.8. The molecule has 0 aromatic heterocycles. The van der Waals surface area contributed by atoms with Gasteiger partial charge in [0.2, 0.25) is 5.91 Å². The van der Waals surface area contributed by atoms with E-state index in [1.807, 2.05) is 0 Å². The predicted molar refractivity (Wildman–Crippen MR) is 183 cm³/mol. The van der Waals surface area contributed by atoms with Crippen molar-refractivity contribution in [1.82, 2.24) is 10.2 Å². The minimum Gasteiger partial charge on any atom is -0.481 e. The zero-order valence-corrected chi connectivity index (χ0v) is 30.0. The van der Waals surface area contributed by atoms with E-state index in [0.717, 1.165) is 67.6 Å². The van der Waals surface area contributed by atoms with Gasteiger partial charge in [-0.15, -0.1) is 0 Å². The molecule has 0 radical (unpaired) electrons. The molecule has 8 nitrogen and oxygen atoms in total. The molecular formula is C39H64N2O6. The minimum absolute atomic E-state index is 0.0645. The van der Waals surface area contributed by atoms with Crippen LogP contribution in [0.15, 0.2) is 11.6 Å². The van der Waals surface area contributed by atoms with Crippen molar-refractivity contribution in [3.05, 3.63) is 11.6 Å². The highest BCUT2D eigenvalue weighted by Gasteiger charge is 2.59. The van der Waals surface area contributed by atoms with Gasteiger partial charge in [0.05, 0.1) is 6.10 Å². The molecule has 0 aromatic rings. The first kappa shape index (κ1) is 36.2. The molecule has 2 amide bonds. The first-order valence-electron chi connectivity index (χ1n) is 19.2. The van der Waals surface area contributed by atoms with Gasteiger partial charge in [0.1, 0.15) is 12.0 Å². The summed E-state index contributed by atoms with van der Waals surface area (Å²) in [5, 5.41) is 21.9. The van der Waals surface area contributed by atoms with E-state index in [0.29, 0.717) is 24.8 Å². The monoisotopic (exact) mass is 656 g/mol. The number of hydrogen-bond donors (Lipinski definition) is 3. The van der Waals surface area contributed by atoms with Gasteiger partial charge in [-0.25, -0.2) is 4.79 Å². The van der Waals surface area contributed by atoms with Crippen LogP contribution in [0, 0.1) is 52.3 Å². The fraction of sp³-hybridized carbons (Fsp3) is 0.872. The number of hydrogen-bond acceptors (Lipinski definition) is 5. The quantitative estimate of drug-likeness (QED) is 0.139. The Morgan fingerprint density at radius 3 is 2.49 bits per heavy atom. The van der Waals surface area contributed by atoms with E-state index in [2.05, 4.69) is 46.0 Å². The van der Waals surface area contributed by atoms with E-state index in [1.165, 1.54) is 61.8 Å². The largest absolute Gasteiger partial charge is 0.481 e. The number of nitrogens with zero attached hydrogens (tertiary/aromatic N) is 1. The average Bonchev–Trinajstić information content (AvgIpc) is 3.58. The van der Waals surface area contributed by atoms with Crippen LogP contribution in [0.3, 0.4) is 0 Å². The Balaban J connectivity index is 1.03. The molecule has 0 bridgehead atoms. The number of rotatable bonds is 13. The lowest BCUT2D eigenvalue weighted by Gasteiger charge is -2.58. The van der Waals surface area contributed by atoms with Crippen molar-refractivity contribution in [2.24, 2.45) is 52.3 Å². The van der Waals surface area contributed by atoms with Crippen LogP contribution in [-0.4, -0.2) is 64.9 Å². The van der Waals surface area contributed by atoms with Crippen LogP contribution in [0.4, 0.5) is 4.79 Å². The summed E-state index contributed by atoms with van der Waals surface area (Å²) in [6, 6.07) is 0. The number of carbonyl (C=O) groups excluding carboxylic acids is 2. The molecule has 0 aromatic carbocycles. The molecule has 8 heteroatoms. The van der Waals surface area contributed by atoms with Crippen molar-refractivity contribution in [2.75, 3.05) is 19.6 Å². The number of allylic oxidation sites excluding steroid dienone is 1. The Labute approximate surface area is 283 Å². The number of unbranched alkanes of at least 4 members (excludes halogenated alkanes) is 2. The zero-order valence-electron chi connectivity index (χ0n) is 30.0. The highest BCUT2D eigenvalue weighted by molar-refractivity contribution is 5.79. The molecule has 5 aliphatic rings. The fourth-order valence-electron chi connectivity index (χ4n) is 11.1. The molecule has 1 aliphatic heterocycles. The highest BCUT2D eigenvalue weighted by atomic mass is 16.6. The highest BCUT2D eigenvalue weighted by Crippen LogP contribution is 2.67. The van der Waals surface area contributed by atoms with Gasteiger partial charge in [-0.1, -0.05) is 72.0 Å². The second kappa shape index (κ2) is 15.2. The molecule has 4 aliphatic carbocycles. The maximum Gasteiger partial charge on any atom is 0.407 e. The van der Waals surface area contributed by atoms with E-state index in [-0.39, 0.29) is 36.6 Å². The van der Waals surface area contributed by atoms with E-state index < -0.39 is 18.0 Å². The Kier molecular flexibility index (Phi) is 11.7. The third kappa shape index (κ3) is 7.88. The van der Waals surface area contributed by atoms with E-state index in [1.54, 1.807) is 0 Å². The number of nitrogens with one attached hydrogen (secondary N) is 1. The lowest BCUT2D eigenvalue weighted by Crippen LogP contribution is -2.51. The maximum absolute atomic E-state index is 12.7. The van der Waals surface area contributed by atoms with Gasteiger partial charge in [-0.05, 0) is 104 Å². The zero-order chi connectivity index (χ0) is 33.9. The van der Waals surface area contributed by atoms with E-state index >= 15 is 0 Å². The number of carboxylic acids is 1. The summed E-state index contributed by atoms with van der Waals surface area (Å²) in [6.07, 6.45) is 17.4. The Bertz CT molecular complexity index is 1150. The molecule has 1 heterocycles. The van der Waals surface area contributed by atoms with Gasteiger partial charge in [0.25, 0.3) is 0 Å². The first-order valence-corrected chi connectivity index (χ1v) is 19.2. The Morgan fingerprint density at radius 1 is 0.979 bits per heavy atom. The number of fused-ring (bicyclic) bond motifs is 5. The number of ether oxygens (including phenoxy) is 1. The third-order valence-corrected chi connectivity index (χ3v) is 13.8. The van der Waals surface area contributed by atoms with E-state index in [4.69, 9.17) is 9.84 Å². The number of carboxylic acid groups (broad SMARTS) is 1. The summed E-state index contributed by atoms with van der Waals surface area (Å²) >= 11 is 0. The predicted octanol–water partition coefficient (Wildman–Crippen LogP) is 7.59. The van der Waals surface area contributed by atoms with Crippen molar-refractivity contribution in [3.63, 3.8) is 0 Å². The maximum atomic E-state index is 12.7. The summed E-state index contributed by atoms with van der Waals surface area (Å²) in [5.74, 6) is 2.83. The van der Waals surface area contributed by atoms with E-state index in [9.17, 15) is 19.5 Å². The average molecular weight is 657 g/mol. The number of carbonyl (C=O) groups is 3.